The van der Waals surface area contributed by atoms with Crippen molar-refractivity contribution in [3.05, 3.63) is 21.4 Å². The molecular weight excluding hydrogens is 298 g/mol. The minimum atomic E-state index is -0.177. The molecule has 0 saturated carbocycles. The molecule has 122 valence electrons. The molecule has 0 aromatic carbocycles. The highest BCUT2D eigenvalue weighted by Gasteiger charge is 2.23. The van der Waals surface area contributed by atoms with E-state index in [1.54, 1.807) is 0 Å². The van der Waals surface area contributed by atoms with Gasteiger partial charge in [-0.1, -0.05) is 0 Å². The molecule has 1 aromatic rings. The maximum absolute atomic E-state index is 11.6. The first-order valence-corrected chi connectivity index (χ1v) is 8.55. The highest BCUT2D eigenvalue weighted by Crippen LogP contribution is 2.24. The summed E-state index contributed by atoms with van der Waals surface area (Å²) in [6.45, 7) is 9.62. The number of nitrogens with one attached hydrogen (secondary N) is 2. The summed E-state index contributed by atoms with van der Waals surface area (Å²) in [4.78, 5) is 27.6. The Morgan fingerprint density at radius 2 is 2.14 bits per heavy atom. The van der Waals surface area contributed by atoms with Gasteiger partial charge in [-0.05, 0) is 44.4 Å². The molecule has 0 aliphatic carbocycles. The van der Waals surface area contributed by atoms with Gasteiger partial charge in [0.15, 0.2) is 0 Å². The molecule has 1 atom stereocenters. The summed E-state index contributed by atoms with van der Waals surface area (Å²) < 4.78 is 0. The van der Waals surface area contributed by atoms with Crippen LogP contribution in [-0.2, 0) is 16.1 Å². The van der Waals surface area contributed by atoms with Crippen molar-refractivity contribution in [1.82, 2.24) is 15.5 Å². The fourth-order valence-corrected chi connectivity index (χ4v) is 3.79. The first-order valence-electron chi connectivity index (χ1n) is 7.73. The third-order valence-electron chi connectivity index (χ3n) is 4.05. The second-order valence-electron chi connectivity index (χ2n) is 6.06. The molecule has 1 aliphatic rings. The average molecular weight is 323 g/mol. The molecule has 1 fully saturated rings. The lowest BCUT2D eigenvalue weighted by Crippen LogP contribution is -2.38. The lowest BCUT2D eigenvalue weighted by Gasteiger charge is -2.15. The van der Waals surface area contributed by atoms with Crippen LogP contribution in [0.1, 0.15) is 28.7 Å². The van der Waals surface area contributed by atoms with Gasteiger partial charge in [0.25, 0.3) is 0 Å². The highest BCUT2D eigenvalue weighted by molar-refractivity contribution is 7.12. The van der Waals surface area contributed by atoms with Crippen LogP contribution in [0.5, 0.6) is 0 Å². The first-order chi connectivity index (χ1) is 10.4. The number of carbonyl (C=O) groups is 2. The van der Waals surface area contributed by atoms with E-state index in [0.717, 1.165) is 26.1 Å². The summed E-state index contributed by atoms with van der Waals surface area (Å²) in [7, 11) is 0. The summed E-state index contributed by atoms with van der Waals surface area (Å²) >= 11 is 1.88. The molecule has 0 spiro atoms. The number of hydrogen-bond donors (Lipinski definition) is 2. The standard InChI is InChI=1S/C16H25N3O2S/c1-11-6-15(22-12(11)2)10-19-5-4-14(9-19)7-18-16(21)8-17-13(3)20/h6,14H,4-5,7-10H2,1-3H3,(H,17,20)(H,18,21). The molecule has 2 rings (SSSR count). The van der Waals surface area contributed by atoms with Gasteiger partial charge in [-0.25, -0.2) is 0 Å². The van der Waals surface area contributed by atoms with Gasteiger partial charge in [-0.3, -0.25) is 14.5 Å². The van der Waals surface area contributed by atoms with Crippen LogP contribution in [-0.4, -0.2) is 42.9 Å². The van der Waals surface area contributed by atoms with Gasteiger partial charge >= 0.3 is 0 Å². The van der Waals surface area contributed by atoms with Crippen LogP contribution in [0, 0.1) is 19.8 Å². The van der Waals surface area contributed by atoms with E-state index in [4.69, 9.17) is 0 Å². The van der Waals surface area contributed by atoms with Crippen molar-refractivity contribution in [3.63, 3.8) is 0 Å². The van der Waals surface area contributed by atoms with E-state index in [-0.39, 0.29) is 18.4 Å². The smallest absolute Gasteiger partial charge is 0.239 e. The lowest BCUT2D eigenvalue weighted by atomic mass is 10.1. The topological polar surface area (TPSA) is 61.4 Å². The number of hydrogen-bond acceptors (Lipinski definition) is 4. The number of rotatable bonds is 6. The van der Waals surface area contributed by atoms with Crippen molar-refractivity contribution in [1.29, 1.82) is 0 Å². The van der Waals surface area contributed by atoms with Crippen molar-refractivity contribution in [2.45, 2.75) is 33.7 Å². The summed E-state index contributed by atoms with van der Waals surface area (Å²) in [6, 6.07) is 2.28. The maximum Gasteiger partial charge on any atom is 0.239 e. The predicted octanol–water partition coefficient (Wildman–Crippen LogP) is 1.44. The van der Waals surface area contributed by atoms with Crippen molar-refractivity contribution in [2.24, 2.45) is 5.92 Å². The largest absolute Gasteiger partial charge is 0.354 e. The highest BCUT2D eigenvalue weighted by atomic mass is 32.1. The van der Waals surface area contributed by atoms with Crippen molar-refractivity contribution in [2.75, 3.05) is 26.2 Å². The zero-order chi connectivity index (χ0) is 16.1. The molecule has 1 aromatic heterocycles. The third-order valence-corrected chi connectivity index (χ3v) is 5.19. The summed E-state index contributed by atoms with van der Waals surface area (Å²) in [5, 5.41) is 5.41. The second kappa shape index (κ2) is 7.74. The van der Waals surface area contributed by atoms with Crippen LogP contribution in [0.3, 0.4) is 0 Å². The molecule has 5 nitrogen and oxygen atoms in total. The molecule has 2 heterocycles. The zero-order valence-electron chi connectivity index (χ0n) is 13.6. The molecular formula is C16H25N3O2S. The Hall–Kier alpha value is -1.40. The van der Waals surface area contributed by atoms with E-state index in [1.807, 2.05) is 11.3 Å². The van der Waals surface area contributed by atoms with Crippen LogP contribution in [0.15, 0.2) is 6.07 Å². The van der Waals surface area contributed by atoms with Crippen LogP contribution < -0.4 is 10.6 Å². The molecule has 2 N–H and O–H groups in total. The second-order valence-corrected chi connectivity index (χ2v) is 7.40. The van der Waals surface area contributed by atoms with E-state index in [0.29, 0.717) is 12.5 Å². The van der Waals surface area contributed by atoms with Crippen molar-refractivity contribution >= 4 is 23.2 Å². The van der Waals surface area contributed by atoms with Gasteiger partial charge in [0.1, 0.15) is 0 Å². The number of likely N-dealkylation sites (tertiary alicyclic amines) is 1. The monoisotopic (exact) mass is 323 g/mol. The van der Waals surface area contributed by atoms with Gasteiger partial charge < -0.3 is 10.6 Å². The number of aryl methyl sites for hydroxylation is 2. The quantitative estimate of drug-likeness (QED) is 0.833. The van der Waals surface area contributed by atoms with Crippen LogP contribution in [0.25, 0.3) is 0 Å². The number of thiophene rings is 1. The molecule has 6 heteroatoms. The molecule has 1 aliphatic heterocycles. The van der Waals surface area contributed by atoms with Gasteiger partial charge in [0, 0.05) is 36.3 Å². The Morgan fingerprint density at radius 3 is 2.77 bits per heavy atom. The van der Waals surface area contributed by atoms with E-state index < -0.39 is 0 Å². The van der Waals surface area contributed by atoms with E-state index in [9.17, 15) is 9.59 Å². The van der Waals surface area contributed by atoms with Gasteiger partial charge in [-0.15, -0.1) is 11.3 Å². The molecule has 0 bridgehead atoms. The summed E-state index contributed by atoms with van der Waals surface area (Å²) in [5.41, 5.74) is 1.38. The number of amides is 2. The zero-order valence-corrected chi connectivity index (χ0v) is 14.4. The van der Waals surface area contributed by atoms with Crippen LogP contribution in [0.4, 0.5) is 0 Å². The SMILES string of the molecule is CC(=O)NCC(=O)NCC1CCN(Cc2cc(C)c(C)s2)C1. The summed E-state index contributed by atoms with van der Waals surface area (Å²) in [5.74, 6) is 0.213. The molecule has 0 radical (unpaired) electrons. The lowest BCUT2D eigenvalue weighted by molar-refractivity contribution is -0.125. The average Bonchev–Trinajstić information content (AvgIpc) is 3.02. The van der Waals surface area contributed by atoms with Gasteiger partial charge in [0.2, 0.25) is 11.8 Å². The predicted molar refractivity (Wildman–Crippen MR) is 88.9 cm³/mol. The molecule has 22 heavy (non-hydrogen) atoms. The molecule has 1 saturated heterocycles. The van der Waals surface area contributed by atoms with E-state index >= 15 is 0 Å². The maximum atomic E-state index is 11.6. The minimum Gasteiger partial charge on any atom is -0.354 e. The normalized spacial score (nSPS) is 18.4. The minimum absolute atomic E-state index is 0.0690. The van der Waals surface area contributed by atoms with Crippen LogP contribution >= 0.6 is 11.3 Å². The van der Waals surface area contributed by atoms with Crippen molar-refractivity contribution in [3.8, 4) is 0 Å². The Kier molecular flexibility index (Phi) is 5.97. The Labute approximate surface area is 136 Å². The number of nitrogens with zero attached hydrogens (tertiary/aromatic N) is 1. The van der Waals surface area contributed by atoms with Crippen LogP contribution in [0.2, 0.25) is 0 Å². The Morgan fingerprint density at radius 1 is 1.36 bits per heavy atom. The summed E-state index contributed by atoms with van der Waals surface area (Å²) in [6.07, 6.45) is 1.11. The van der Waals surface area contributed by atoms with Crippen molar-refractivity contribution < 1.29 is 9.59 Å². The van der Waals surface area contributed by atoms with Gasteiger partial charge in [0.05, 0.1) is 6.54 Å². The van der Waals surface area contributed by atoms with Gasteiger partial charge in [-0.2, -0.15) is 0 Å². The third kappa shape index (κ3) is 5.10. The number of carbonyl (C=O) groups excluding carboxylic acids is 2. The molecule has 1 unspecified atom stereocenters. The Bertz CT molecular complexity index is 522. The fourth-order valence-electron chi connectivity index (χ4n) is 2.70. The first kappa shape index (κ1) is 17.0. The fraction of sp³-hybridized carbons (Fsp3) is 0.625. The van der Waals surface area contributed by atoms with E-state index in [2.05, 4.69) is 35.4 Å². The van der Waals surface area contributed by atoms with E-state index in [1.165, 1.54) is 22.2 Å². The molecule has 2 amide bonds. The Balaban J connectivity index is 1.69.